The Morgan fingerprint density at radius 2 is 1.85 bits per heavy atom. The fourth-order valence-electron chi connectivity index (χ4n) is 4.24. The van der Waals surface area contributed by atoms with Gasteiger partial charge in [0.05, 0.1) is 11.0 Å². The van der Waals surface area contributed by atoms with E-state index in [4.69, 9.17) is 0 Å². The van der Waals surface area contributed by atoms with Gasteiger partial charge in [0.1, 0.15) is 0 Å². The molecule has 1 saturated heterocycles. The summed E-state index contributed by atoms with van der Waals surface area (Å²) in [5.74, 6) is 1.70. The summed E-state index contributed by atoms with van der Waals surface area (Å²) in [5, 5.41) is 3.28. The van der Waals surface area contributed by atoms with Crippen LogP contribution >= 0.6 is 0 Å². The quantitative estimate of drug-likeness (QED) is 0.464. The lowest BCUT2D eigenvalue weighted by Crippen LogP contribution is -2.46. The van der Waals surface area contributed by atoms with E-state index in [9.17, 15) is 9.00 Å². The molecule has 0 aromatic rings. The first-order valence-corrected chi connectivity index (χ1v) is 11.9. The van der Waals surface area contributed by atoms with Crippen molar-refractivity contribution in [2.24, 2.45) is 11.8 Å². The van der Waals surface area contributed by atoms with Crippen LogP contribution in [0.2, 0.25) is 0 Å². The average Bonchev–Trinajstić information content (AvgIpc) is 2.61. The molecule has 0 aromatic heterocycles. The Balaban J connectivity index is 1.63. The van der Waals surface area contributed by atoms with Crippen molar-refractivity contribution in [2.75, 3.05) is 19.6 Å². The second-order valence-electron chi connectivity index (χ2n) is 8.80. The summed E-state index contributed by atoms with van der Waals surface area (Å²) in [7, 11) is -0.966. The molecular weight excluding hydrogens is 358 g/mol. The minimum atomic E-state index is -0.966. The molecule has 3 unspecified atom stereocenters. The number of amides is 1. The molecule has 0 saturated carbocycles. The normalized spacial score (nSPS) is 30.4. The van der Waals surface area contributed by atoms with E-state index in [-0.39, 0.29) is 17.2 Å². The first-order chi connectivity index (χ1) is 12.8. The van der Waals surface area contributed by atoms with Gasteiger partial charge < -0.3 is 5.32 Å². The first kappa shape index (κ1) is 22.6. The van der Waals surface area contributed by atoms with Gasteiger partial charge in [0.25, 0.3) is 0 Å². The number of unbranched alkanes of at least 4 members (excludes halogenated alkanes) is 1. The van der Waals surface area contributed by atoms with Gasteiger partial charge in [0.15, 0.2) is 0 Å². The predicted octanol–water partition coefficient (Wildman–Crippen LogP) is 3.00. The van der Waals surface area contributed by atoms with Gasteiger partial charge >= 0.3 is 0 Å². The maximum absolute atomic E-state index is 12.1. The minimum absolute atomic E-state index is 0.131. The Bertz CT molecular complexity index is 514. The summed E-state index contributed by atoms with van der Waals surface area (Å²) in [5.41, 5.74) is 0. The summed E-state index contributed by atoms with van der Waals surface area (Å²) in [6.07, 6.45) is 10.3. The van der Waals surface area contributed by atoms with Crippen molar-refractivity contribution in [3.8, 4) is 0 Å². The van der Waals surface area contributed by atoms with E-state index in [0.717, 1.165) is 37.5 Å². The molecule has 6 heteroatoms. The van der Waals surface area contributed by atoms with Gasteiger partial charge in [0.2, 0.25) is 5.91 Å². The van der Waals surface area contributed by atoms with Crippen LogP contribution in [0.4, 0.5) is 0 Å². The highest BCUT2D eigenvalue weighted by Crippen LogP contribution is 2.26. The van der Waals surface area contributed by atoms with E-state index >= 15 is 0 Å². The molecule has 2 N–H and O–H groups in total. The van der Waals surface area contributed by atoms with E-state index in [1.807, 2.05) is 13.8 Å². The lowest BCUT2D eigenvalue weighted by atomic mass is 9.88. The van der Waals surface area contributed by atoms with E-state index < -0.39 is 11.0 Å². The molecule has 2 aliphatic rings. The van der Waals surface area contributed by atoms with Gasteiger partial charge in [0, 0.05) is 43.4 Å². The Hall–Kier alpha value is -0.720. The second kappa shape index (κ2) is 11.3. The number of nitrogens with zero attached hydrogens (tertiary/aromatic N) is 1. The lowest BCUT2D eigenvalue weighted by Gasteiger charge is -2.40. The fraction of sp³-hybridized carbons (Fsp3) is 0.857. The molecule has 5 atom stereocenters. The molecule has 1 amide bonds. The Kier molecular flexibility index (Phi) is 9.46. The van der Waals surface area contributed by atoms with Crippen LogP contribution in [0.3, 0.4) is 0 Å². The van der Waals surface area contributed by atoms with Crippen LogP contribution in [-0.4, -0.2) is 52.0 Å². The number of carbonyl (C=O) groups excluding carboxylic acids is 1. The van der Waals surface area contributed by atoms with Gasteiger partial charge in [-0.15, -0.1) is 0 Å². The van der Waals surface area contributed by atoms with Crippen LogP contribution in [0.15, 0.2) is 12.2 Å². The zero-order chi connectivity index (χ0) is 19.8. The van der Waals surface area contributed by atoms with Crippen LogP contribution < -0.4 is 10.0 Å². The summed E-state index contributed by atoms with van der Waals surface area (Å²) < 4.78 is 14.6. The predicted molar refractivity (Wildman–Crippen MR) is 114 cm³/mol. The topological polar surface area (TPSA) is 61.4 Å². The molecule has 1 heterocycles. The van der Waals surface area contributed by atoms with Crippen molar-refractivity contribution >= 4 is 16.9 Å². The van der Waals surface area contributed by atoms with E-state index in [1.54, 1.807) is 0 Å². The van der Waals surface area contributed by atoms with Gasteiger partial charge in [-0.25, -0.2) is 8.93 Å². The number of piperidine rings is 1. The van der Waals surface area contributed by atoms with Gasteiger partial charge in [-0.3, -0.25) is 9.69 Å². The minimum Gasteiger partial charge on any atom is -0.350 e. The van der Waals surface area contributed by atoms with Crippen LogP contribution in [0.5, 0.6) is 0 Å². The highest BCUT2D eigenvalue weighted by Gasteiger charge is 2.28. The smallest absolute Gasteiger partial charge is 0.220 e. The van der Waals surface area contributed by atoms with E-state index in [0.29, 0.717) is 19.0 Å². The maximum atomic E-state index is 12.1. The zero-order valence-corrected chi connectivity index (χ0v) is 18.4. The molecule has 1 aliphatic carbocycles. The SMILES string of the molecule is CC1C[C@@H](C)CN(C2C=C[C@H](NC(=O)CCCCNS(=O)C(C)C)CC2)C1. The third kappa shape index (κ3) is 8.04. The average molecular weight is 398 g/mol. The van der Waals surface area contributed by atoms with E-state index in [2.05, 4.69) is 40.9 Å². The van der Waals surface area contributed by atoms with Gasteiger partial charge in [-0.1, -0.05) is 26.0 Å². The molecule has 0 bridgehead atoms. The van der Waals surface area contributed by atoms with Crippen molar-refractivity contribution < 1.29 is 9.00 Å². The van der Waals surface area contributed by atoms with Crippen molar-refractivity contribution in [3.63, 3.8) is 0 Å². The van der Waals surface area contributed by atoms with Crippen LogP contribution in [0, 0.1) is 11.8 Å². The molecule has 0 radical (unpaired) electrons. The Labute approximate surface area is 168 Å². The number of hydrogen-bond acceptors (Lipinski definition) is 3. The number of likely N-dealkylation sites (tertiary alicyclic amines) is 1. The molecule has 27 heavy (non-hydrogen) atoms. The standard InChI is InChI=1S/C21H39N3O2S/c1-16(2)27(26)22-12-6-5-7-21(25)23-19-8-10-20(11-9-19)24-14-17(3)13-18(4)15-24/h8,10,16-20,22H,5-7,9,11-15H2,1-4H3,(H,23,25)/t17-,18?,19+,20?,27?/m1/s1. The van der Waals surface area contributed by atoms with Gasteiger partial charge in [-0.05, 0) is 57.8 Å². The van der Waals surface area contributed by atoms with Crippen LogP contribution in [0.25, 0.3) is 0 Å². The molecule has 156 valence electrons. The van der Waals surface area contributed by atoms with Crippen molar-refractivity contribution in [1.82, 2.24) is 14.9 Å². The summed E-state index contributed by atoms with van der Waals surface area (Å²) >= 11 is 0. The highest BCUT2D eigenvalue weighted by molar-refractivity contribution is 7.83. The monoisotopic (exact) mass is 397 g/mol. The first-order valence-electron chi connectivity index (χ1n) is 10.7. The molecule has 5 nitrogen and oxygen atoms in total. The van der Waals surface area contributed by atoms with Gasteiger partial charge in [-0.2, -0.15) is 0 Å². The van der Waals surface area contributed by atoms with Crippen molar-refractivity contribution in [1.29, 1.82) is 0 Å². The van der Waals surface area contributed by atoms with E-state index in [1.165, 1.54) is 19.5 Å². The Morgan fingerprint density at radius 1 is 1.15 bits per heavy atom. The molecule has 2 rings (SSSR count). The third-order valence-electron chi connectivity index (χ3n) is 5.55. The summed E-state index contributed by atoms with van der Waals surface area (Å²) in [6.45, 7) is 11.7. The van der Waals surface area contributed by atoms with Crippen molar-refractivity contribution in [3.05, 3.63) is 12.2 Å². The number of rotatable bonds is 9. The second-order valence-corrected chi connectivity index (χ2v) is 10.6. The third-order valence-corrected chi connectivity index (χ3v) is 6.90. The number of hydrogen-bond donors (Lipinski definition) is 2. The number of nitrogens with one attached hydrogen (secondary N) is 2. The number of carbonyl (C=O) groups is 1. The van der Waals surface area contributed by atoms with Crippen molar-refractivity contribution in [2.45, 2.75) is 83.6 Å². The summed E-state index contributed by atoms with van der Waals surface area (Å²) in [6, 6.07) is 0.719. The molecule has 0 spiro atoms. The summed E-state index contributed by atoms with van der Waals surface area (Å²) in [4.78, 5) is 14.8. The fourth-order valence-corrected chi connectivity index (χ4v) is 4.92. The molecule has 1 aliphatic heterocycles. The molecular formula is C21H39N3O2S. The zero-order valence-electron chi connectivity index (χ0n) is 17.6. The highest BCUT2D eigenvalue weighted by atomic mass is 32.2. The Morgan fingerprint density at radius 3 is 2.44 bits per heavy atom. The molecule has 1 fully saturated rings. The molecule has 0 aromatic carbocycles. The van der Waals surface area contributed by atoms with Crippen LogP contribution in [0.1, 0.15) is 66.2 Å². The largest absolute Gasteiger partial charge is 0.350 e. The lowest BCUT2D eigenvalue weighted by molar-refractivity contribution is -0.121. The maximum Gasteiger partial charge on any atom is 0.220 e. The van der Waals surface area contributed by atoms with Crippen LogP contribution in [-0.2, 0) is 15.8 Å².